The highest BCUT2D eigenvalue weighted by molar-refractivity contribution is 7.09. The average molecular weight is 436 g/mol. The summed E-state index contributed by atoms with van der Waals surface area (Å²) >= 11 is 1.60. The third kappa shape index (κ3) is 5.86. The molecule has 2 aromatic carbocycles. The number of anilines is 1. The van der Waals surface area contributed by atoms with Gasteiger partial charge in [-0.3, -0.25) is 4.79 Å². The van der Waals surface area contributed by atoms with E-state index in [1.165, 1.54) is 0 Å². The van der Waals surface area contributed by atoms with E-state index in [0.29, 0.717) is 30.9 Å². The summed E-state index contributed by atoms with van der Waals surface area (Å²) in [5.74, 6) is 0.697. The lowest BCUT2D eigenvalue weighted by molar-refractivity contribution is 0.0951. The fraction of sp³-hybridized carbons (Fsp3) is 0.250. The molecule has 7 heteroatoms. The summed E-state index contributed by atoms with van der Waals surface area (Å²) in [6, 6.07) is 20.5. The molecule has 3 amide bonds. The number of urea groups is 1. The average Bonchev–Trinajstić information content (AvgIpc) is 3.32. The normalized spacial score (nSPS) is 14.1. The smallest absolute Gasteiger partial charge is 0.321 e. The Hall–Kier alpha value is -3.32. The summed E-state index contributed by atoms with van der Waals surface area (Å²) in [7, 11) is 0. The van der Waals surface area contributed by atoms with Crippen LogP contribution >= 0.6 is 11.3 Å². The molecular weight excluding hydrogens is 410 g/mol. The van der Waals surface area contributed by atoms with Crippen LogP contribution < -0.4 is 15.4 Å². The Balaban J connectivity index is 1.27. The van der Waals surface area contributed by atoms with Crippen LogP contribution in [-0.4, -0.2) is 36.0 Å². The maximum absolute atomic E-state index is 12.7. The van der Waals surface area contributed by atoms with Crippen molar-refractivity contribution in [3.8, 4) is 5.75 Å². The largest absolute Gasteiger partial charge is 0.490 e. The summed E-state index contributed by atoms with van der Waals surface area (Å²) in [4.78, 5) is 28.0. The molecule has 160 valence electrons. The minimum atomic E-state index is -0.164. The fourth-order valence-corrected chi connectivity index (χ4v) is 4.14. The van der Waals surface area contributed by atoms with Gasteiger partial charge in [-0.2, -0.15) is 0 Å². The van der Waals surface area contributed by atoms with Crippen LogP contribution in [0.4, 0.5) is 10.5 Å². The van der Waals surface area contributed by atoms with Crippen LogP contribution in [0.1, 0.15) is 28.1 Å². The number of thiophene rings is 1. The van der Waals surface area contributed by atoms with Crippen LogP contribution in [0.25, 0.3) is 0 Å². The van der Waals surface area contributed by atoms with Gasteiger partial charge in [-0.25, -0.2) is 4.79 Å². The molecule has 2 N–H and O–H groups in total. The zero-order chi connectivity index (χ0) is 21.5. The van der Waals surface area contributed by atoms with E-state index >= 15 is 0 Å². The second kappa shape index (κ2) is 10.1. The van der Waals surface area contributed by atoms with Crippen molar-refractivity contribution in [1.29, 1.82) is 0 Å². The van der Waals surface area contributed by atoms with E-state index in [1.54, 1.807) is 40.5 Å². The Morgan fingerprint density at radius 1 is 1.00 bits per heavy atom. The number of benzene rings is 2. The Morgan fingerprint density at radius 3 is 2.55 bits per heavy atom. The van der Waals surface area contributed by atoms with E-state index < -0.39 is 0 Å². The van der Waals surface area contributed by atoms with E-state index in [0.717, 1.165) is 23.5 Å². The van der Waals surface area contributed by atoms with Gasteiger partial charge >= 0.3 is 6.03 Å². The van der Waals surface area contributed by atoms with Gasteiger partial charge in [0.15, 0.2) is 0 Å². The molecule has 1 aliphatic heterocycles. The molecule has 1 aliphatic rings. The second-order valence-corrected chi connectivity index (χ2v) is 8.42. The van der Waals surface area contributed by atoms with Crippen molar-refractivity contribution in [2.45, 2.75) is 25.5 Å². The molecule has 2 heterocycles. The van der Waals surface area contributed by atoms with Crippen molar-refractivity contribution >= 4 is 29.0 Å². The van der Waals surface area contributed by atoms with Gasteiger partial charge < -0.3 is 20.3 Å². The number of carbonyl (C=O) groups excluding carboxylic acids is 2. The van der Waals surface area contributed by atoms with Gasteiger partial charge in [0.2, 0.25) is 0 Å². The maximum atomic E-state index is 12.7. The van der Waals surface area contributed by atoms with Crippen molar-refractivity contribution in [2.75, 3.05) is 18.4 Å². The fourth-order valence-electron chi connectivity index (χ4n) is 3.49. The number of ether oxygens (including phenoxy) is 1. The summed E-state index contributed by atoms with van der Waals surface area (Å²) in [6.07, 6.45) is 1.68. The Morgan fingerprint density at radius 2 is 1.81 bits per heavy atom. The molecule has 0 atom stereocenters. The number of hydrogen-bond donors (Lipinski definition) is 2. The van der Waals surface area contributed by atoms with Crippen molar-refractivity contribution < 1.29 is 14.3 Å². The second-order valence-electron chi connectivity index (χ2n) is 7.39. The number of rotatable bonds is 6. The van der Waals surface area contributed by atoms with Crippen molar-refractivity contribution in [3.05, 3.63) is 82.6 Å². The Bertz CT molecular complexity index is 1000. The zero-order valence-corrected chi connectivity index (χ0v) is 17.9. The van der Waals surface area contributed by atoms with Crippen LogP contribution in [0.2, 0.25) is 0 Å². The topological polar surface area (TPSA) is 70.7 Å². The summed E-state index contributed by atoms with van der Waals surface area (Å²) in [5.41, 5.74) is 1.13. The van der Waals surface area contributed by atoms with Crippen LogP contribution in [-0.2, 0) is 6.54 Å². The predicted molar refractivity (Wildman–Crippen MR) is 123 cm³/mol. The third-order valence-corrected chi connectivity index (χ3v) is 6.03. The standard InChI is InChI=1S/C24H25N3O3S/c28-23(25-17-22-10-5-15-31-22)18-6-4-7-19(16-18)26-24(29)27-13-11-21(12-14-27)30-20-8-2-1-3-9-20/h1-10,15-16,21H,11-14,17H2,(H,25,28)(H,26,29). The molecule has 1 fully saturated rings. The lowest BCUT2D eigenvalue weighted by atomic mass is 10.1. The molecule has 0 radical (unpaired) electrons. The number of piperidine rings is 1. The first-order valence-corrected chi connectivity index (χ1v) is 11.2. The molecule has 4 rings (SSSR count). The van der Waals surface area contributed by atoms with E-state index in [4.69, 9.17) is 4.74 Å². The Kier molecular flexibility index (Phi) is 6.84. The number of para-hydroxylation sites is 1. The highest BCUT2D eigenvalue weighted by Crippen LogP contribution is 2.20. The summed E-state index contributed by atoms with van der Waals surface area (Å²) < 4.78 is 5.99. The zero-order valence-electron chi connectivity index (χ0n) is 17.1. The quantitative estimate of drug-likeness (QED) is 0.587. The first kappa shape index (κ1) is 20.9. The SMILES string of the molecule is O=C(NCc1cccs1)c1cccc(NC(=O)N2CCC(Oc3ccccc3)CC2)c1. The third-order valence-electron chi connectivity index (χ3n) is 5.15. The lowest BCUT2D eigenvalue weighted by Crippen LogP contribution is -2.43. The molecule has 1 aromatic heterocycles. The van der Waals surface area contributed by atoms with Crippen LogP contribution in [0.5, 0.6) is 5.75 Å². The Labute approximate surface area is 185 Å². The highest BCUT2D eigenvalue weighted by atomic mass is 32.1. The molecule has 3 aromatic rings. The molecule has 0 spiro atoms. The summed E-state index contributed by atoms with van der Waals surface area (Å²) in [6.45, 7) is 1.75. The summed E-state index contributed by atoms with van der Waals surface area (Å²) in [5, 5.41) is 7.79. The monoisotopic (exact) mass is 435 g/mol. The van der Waals surface area contributed by atoms with Crippen LogP contribution in [0.15, 0.2) is 72.1 Å². The van der Waals surface area contributed by atoms with E-state index in [-0.39, 0.29) is 18.0 Å². The number of likely N-dealkylation sites (tertiary alicyclic amines) is 1. The number of nitrogens with one attached hydrogen (secondary N) is 2. The number of amides is 3. The molecule has 0 saturated carbocycles. The number of nitrogens with zero attached hydrogens (tertiary/aromatic N) is 1. The molecule has 1 saturated heterocycles. The van der Waals surface area contributed by atoms with Crippen molar-refractivity contribution in [3.63, 3.8) is 0 Å². The van der Waals surface area contributed by atoms with Gasteiger partial charge in [0, 0.05) is 42.1 Å². The van der Waals surface area contributed by atoms with Crippen LogP contribution in [0, 0.1) is 0 Å². The first-order chi connectivity index (χ1) is 15.2. The first-order valence-electron chi connectivity index (χ1n) is 10.4. The van der Waals surface area contributed by atoms with Gasteiger partial charge in [-0.1, -0.05) is 30.3 Å². The number of carbonyl (C=O) groups is 2. The van der Waals surface area contributed by atoms with Crippen molar-refractivity contribution in [1.82, 2.24) is 10.2 Å². The van der Waals surface area contributed by atoms with E-state index in [2.05, 4.69) is 10.6 Å². The number of hydrogen-bond acceptors (Lipinski definition) is 4. The predicted octanol–water partition coefficient (Wildman–Crippen LogP) is 4.75. The molecule has 0 bridgehead atoms. The van der Waals surface area contributed by atoms with Gasteiger partial charge in [-0.15, -0.1) is 11.3 Å². The lowest BCUT2D eigenvalue weighted by Gasteiger charge is -2.32. The van der Waals surface area contributed by atoms with Crippen molar-refractivity contribution in [2.24, 2.45) is 0 Å². The van der Waals surface area contributed by atoms with Gasteiger partial charge in [0.1, 0.15) is 11.9 Å². The van der Waals surface area contributed by atoms with E-state index in [9.17, 15) is 9.59 Å². The molecular formula is C24H25N3O3S. The maximum Gasteiger partial charge on any atom is 0.321 e. The van der Waals surface area contributed by atoms with Gasteiger partial charge in [-0.05, 0) is 41.8 Å². The minimum Gasteiger partial charge on any atom is -0.490 e. The molecule has 31 heavy (non-hydrogen) atoms. The van der Waals surface area contributed by atoms with Gasteiger partial charge in [0.25, 0.3) is 5.91 Å². The van der Waals surface area contributed by atoms with E-state index in [1.807, 2.05) is 47.8 Å². The highest BCUT2D eigenvalue weighted by Gasteiger charge is 2.24. The molecule has 0 aliphatic carbocycles. The molecule has 6 nitrogen and oxygen atoms in total. The van der Waals surface area contributed by atoms with Gasteiger partial charge in [0.05, 0.1) is 6.54 Å². The van der Waals surface area contributed by atoms with Crippen LogP contribution in [0.3, 0.4) is 0 Å². The minimum absolute atomic E-state index is 0.113. The molecule has 0 unspecified atom stereocenters.